The Morgan fingerprint density at radius 2 is 1.83 bits per heavy atom. The first-order valence-corrected chi connectivity index (χ1v) is 6.72. The molecule has 1 aromatic heterocycles. The minimum Gasteiger partial charge on any atom is -0.306 e. The van der Waals surface area contributed by atoms with Crippen molar-refractivity contribution in [3.05, 3.63) is 76.3 Å². The van der Waals surface area contributed by atoms with Crippen LogP contribution in [0.15, 0.2) is 47.3 Å². The van der Waals surface area contributed by atoms with Crippen LogP contribution >= 0.6 is 0 Å². The molecule has 24 heavy (non-hydrogen) atoms. The molecular formula is C17H8F4N2O. The van der Waals surface area contributed by atoms with E-state index in [1.165, 1.54) is 30.3 Å². The molecule has 0 aliphatic heterocycles. The smallest absolute Gasteiger partial charge is 0.306 e. The van der Waals surface area contributed by atoms with Gasteiger partial charge >= 0.3 is 6.18 Å². The summed E-state index contributed by atoms with van der Waals surface area (Å²) in [6, 6.07) is 13.0. The fourth-order valence-electron chi connectivity index (χ4n) is 2.23. The van der Waals surface area contributed by atoms with Crippen LogP contribution in [0.5, 0.6) is 0 Å². The highest BCUT2D eigenvalue weighted by Crippen LogP contribution is 2.35. The van der Waals surface area contributed by atoms with Gasteiger partial charge in [0.25, 0.3) is 5.56 Å². The summed E-state index contributed by atoms with van der Waals surface area (Å²) in [4.78, 5) is 18.1. The molecule has 2 aromatic carbocycles. The number of H-pyrrole nitrogens is 1. The van der Waals surface area contributed by atoms with E-state index in [0.717, 1.165) is 12.1 Å². The molecule has 0 bridgehead atoms. The standard InChI is InChI=1S/C17H8F4N2O/c18-13-8-4-2-6-11(13)14-9-15(24)23-16(22-14)10-5-1-3-7-12(10)17(19,20)21/h1-3,5-7,9H,(H,22,23,24). The maximum absolute atomic E-state index is 13.8. The second-order valence-electron chi connectivity index (χ2n) is 4.85. The third-order valence-electron chi connectivity index (χ3n) is 3.26. The summed E-state index contributed by atoms with van der Waals surface area (Å²) in [5.74, 6) is -1.09. The van der Waals surface area contributed by atoms with Gasteiger partial charge in [-0.05, 0) is 24.3 Å². The molecule has 0 spiro atoms. The normalized spacial score (nSPS) is 11.2. The molecule has 1 N–H and O–H groups in total. The lowest BCUT2D eigenvalue weighted by atomic mass is 10.1. The Labute approximate surface area is 133 Å². The molecule has 0 aliphatic rings. The van der Waals surface area contributed by atoms with Gasteiger partial charge in [0.1, 0.15) is 5.82 Å². The van der Waals surface area contributed by atoms with Crippen molar-refractivity contribution in [2.75, 3.05) is 0 Å². The van der Waals surface area contributed by atoms with Crippen molar-refractivity contribution < 1.29 is 17.6 Å². The summed E-state index contributed by atoms with van der Waals surface area (Å²) in [7, 11) is 0. The Balaban J connectivity index is 2.22. The number of aromatic amines is 1. The summed E-state index contributed by atoms with van der Waals surface area (Å²) in [5.41, 5.74) is -2.08. The number of rotatable bonds is 2. The molecule has 3 nitrogen and oxygen atoms in total. The zero-order valence-electron chi connectivity index (χ0n) is 11.9. The highest BCUT2D eigenvalue weighted by Gasteiger charge is 2.34. The molecule has 0 unspecified atom stereocenters. The van der Waals surface area contributed by atoms with Crippen LogP contribution < -0.4 is 5.56 Å². The minimum absolute atomic E-state index is 0.0504. The average Bonchev–Trinajstić information content (AvgIpc) is 2.54. The maximum Gasteiger partial charge on any atom is 0.417 e. The number of halogens is 4. The van der Waals surface area contributed by atoms with Gasteiger partial charge in [-0.25, -0.2) is 4.98 Å². The highest BCUT2D eigenvalue weighted by atomic mass is 19.4. The molecule has 0 amide bonds. The van der Waals surface area contributed by atoms with Crippen molar-refractivity contribution in [1.82, 2.24) is 9.97 Å². The Morgan fingerprint density at radius 3 is 2.54 bits per heavy atom. The van der Waals surface area contributed by atoms with E-state index in [2.05, 4.69) is 22.1 Å². The molecule has 0 saturated carbocycles. The number of hydrogen-bond acceptors (Lipinski definition) is 2. The van der Waals surface area contributed by atoms with E-state index >= 15 is 0 Å². The third-order valence-corrected chi connectivity index (χ3v) is 3.26. The molecule has 0 saturated heterocycles. The van der Waals surface area contributed by atoms with Crippen molar-refractivity contribution in [2.24, 2.45) is 0 Å². The van der Waals surface area contributed by atoms with Crippen LogP contribution in [0.1, 0.15) is 5.56 Å². The highest BCUT2D eigenvalue weighted by molar-refractivity contribution is 5.66. The van der Waals surface area contributed by atoms with E-state index < -0.39 is 23.1 Å². The number of benzene rings is 1. The van der Waals surface area contributed by atoms with Crippen molar-refractivity contribution >= 4 is 0 Å². The van der Waals surface area contributed by atoms with Crippen molar-refractivity contribution in [1.29, 1.82) is 0 Å². The second-order valence-corrected chi connectivity index (χ2v) is 4.85. The van der Waals surface area contributed by atoms with Gasteiger partial charge in [-0.3, -0.25) is 4.79 Å². The first-order valence-electron chi connectivity index (χ1n) is 6.72. The van der Waals surface area contributed by atoms with E-state index in [9.17, 15) is 22.4 Å². The van der Waals surface area contributed by atoms with Gasteiger partial charge in [-0.1, -0.05) is 24.3 Å². The average molecular weight is 332 g/mol. The molecule has 7 heteroatoms. The summed E-state index contributed by atoms with van der Waals surface area (Å²) in [5, 5.41) is 0. The largest absolute Gasteiger partial charge is 0.417 e. The van der Waals surface area contributed by atoms with Crippen molar-refractivity contribution in [3.8, 4) is 22.6 Å². The zero-order chi connectivity index (χ0) is 17.3. The first kappa shape index (κ1) is 15.7. The molecule has 0 fully saturated rings. The molecule has 120 valence electrons. The van der Waals surface area contributed by atoms with Crippen LogP contribution in [0.2, 0.25) is 0 Å². The zero-order valence-corrected chi connectivity index (χ0v) is 11.9. The van der Waals surface area contributed by atoms with Gasteiger partial charge in [-0.15, -0.1) is 0 Å². The summed E-state index contributed by atoms with van der Waals surface area (Å²) < 4.78 is 53.2. The van der Waals surface area contributed by atoms with Crippen LogP contribution in [0, 0.1) is 17.9 Å². The van der Waals surface area contributed by atoms with Crippen molar-refractivity contribution in [2.45, 2.75) is 6.18 Å². The molecular weight excluding hydrogens is 324 g/mol. The lowest BCUT2D eigenvalue weighted by Gasteiger charge is -2.12. The van der Waals surface area contributed by atoms with Gasteiger partial charge in [0.05, 0.1) is 11.3 Å². The van der Waals surface area contributed by atoms with Crippen LogP contribution in [-0.4, -0.2) is 9.97 Å². The fourth-order valence-corrected chi connectivity index (χ4v) is 2.23. The van der Waals surface area contributed by atoms with Crippen LogP contribution in [0.3, 0.4) is 0 Å². The molecule has 3 aromatic rings. The Morgan fingerprint density at radius 1 is 1.08 bits per heavy atom. The predicted molar refractivity (Wildman–Crippen MR) is 78.4 cm³/mol. The van der Waals surface area contributed by atoms with Gasteiger partial charge < -0.3 is 4.98 Å². The number of hydrogen-bond donors (Lipinski definition) is 1. The van der Waals surface area contributed by atoms with E-state index in [0.29, 0.717) is 0 Å². The minimum atomic E-state index is -4.62. The van der Waals surface area contributed by atoms with Gasteiger partial charge in [0, 0.05) is 17.2 Å². The topological polar surface area (TPSA) is 45.8 Å². The lowest BCUT2D eigenvalue weighted by Crippen LogP contribution is -2.12. The first-order chi connectivity index (χ1) is 11.4. The predicted octanol–water partition coefficient (Wildman–Crippen LogP) is 3.86. The van der Waals surface area contributed by atoms with E-state index in [1.54, 1.807) is 0 Å². The van der Waals surface area contributed by atoms with Gasteiger partial charge in [-0.2, -0.15) is 17.6 Å². The Hall–Kier alpha value is -3.14. The molecule has 0 atom stereocenters. The molecule has 0 aliphatic carbocycles. The number of nitrogens with zero attached hydrogens (tertiary/aromatic N) is 1. The fraction of sp³-hybridized carbons (Fsp3) is 0.0588. The van der Waals surface area contributed by atoms with Crippen LogP contribution in [0.4, 0.5) is 17.6 Å². The number of nitrogens with one attached hydrogen (secondary N) is 1. The Bertz CT molecular complexity index is 948. The molecule has 1 heterocycles. The van der Waals surface area contributed by atoms with E-state index in [4.69, 9.17) is 0 Å². The van der Waals surface area contributed by atoms with E-state index in [-0.39, 0.29) is 22.6 Å². The third kappa shape index (κ3) is 2.99. The maximum atomic E-state index is 13.8. The summed E-state index contributed by atoms with van der Waals surface area (Å²) in [6.07, 6.45) is -4.62. The summed E-state index contributed by atoms with van der Waals surface area (Å²) in [6.45, 7) is 0. The summed E-state index contributed by atoms with van der Waals surface area (Å²) >= 11 is 0. The van der Waals surface area contributed by atoms with Gasteiger partial charge in [0.2, 0.25) is 0 Å². The SMILES string of the molecule is O=c1cc(-c2ccc#cc2F)nc(-c2ccccc2C(F)(F)F)[nH]1. The van der Waals surface area contributed by atoms with Crippen LogP contribution in [-0.2, 0) is 6.18 Å². The quantitative estimate of drug-likeness (QED) is 0.724. The lowest BCUT2D eigenvalue weighted by molar-refractivity contribution is -0.137. The number of aromatic nitrogens is 2. The second kappa shape index (κ2) is 5.81. The Kier molecular flexibility index (Phi) is 3.81. The number of alkyl halides is 3. The van der Waals surface area contributed by atoms with Crippen molar-refractivity contribution in [3.63, 3.8) is 0 Å². The van der Waals surface area contributed by atoms with Gasteiger partial charge in [0.15, 0.2) is 5.82 Å². The molecule has 3 rings (SSSR count). The van der Waals surface area contributed by atoms with Crippen LogP contribution in [0.25, 0.3) is 22.6 Å². The monoisotopic (exact) mass is 332 g/mol. The molecule has 0 radical (unpaired) electrons. The van der Waals surface area contributed by atoms with E-state index in [1.807, 2.05) is 0 Å².